The minimum Gasteiger partial charge on any atom is -0.387 e. The summed E-state index contributed by atoms with van der Waals surface area (Å²) in [7, 11) is 0. The van der Waals surface area contributed by atoms with Gasteiger partial charge in [-0.2, -0.15) is 0 Å². The molecule has 0 aliphatic carbocycles. The number of hydrogen-bond acceptors (Lipinski definition) is 3. The first-order valence-electron chi connectivity index (χ1n) is 8.72. The number of nitrogens with zero attached hydrogens (tertiary/aromatic N) is 1. The predicted octanol–water partition coefficient (Wildman–Crippen LogP) is 2.28. The first-order chi connectivity index (χ1) is 11.5. The molecule has 134 valence electrons. The number of aliphatic hydroxyl groups is 1. The molecule has 1 aliphatic heterocycles. The summed E-state index contributed by atoms with van der Waals surface area (Å²) in [6.07, 6.45) is 2.60. The van der Waals surface area contributed by atoms with E-state index in [1.807, 2.05) is 0 Å². The van der Waals surface area contributed by atoms with Crippen LogP contribution in [0, 0.1) is 11.7 Å². The maximum atomic E-state index is 12.8. The number of halogens is 1. The van der Waals surface area contributed by atoms with Gasteiger partial charge in [-0.1, -0.05) is 19.1 Å². The molecular formula is C18H28FN3O2. The van der Waals surface area contributed by atoms with E-state index < -0.39 is 6.10 Å². The fourth-order valence-electron chi connectivity index (χ4n) is 2.84. The zero-order valence-corrected chi connectivity index (χ0v) is 14.3. The van der Waals surface area contributed by atoms with E-state index in [0.29, 0.717) is 12.1 Å². The second-order valence-corrected chi connectivity index (χ2v) is 6.58. The van der Waals surface area contributed by atoms with Crippen molar-refractivity contribution in [1.82, 2.24) is 15.5 Å². The summed E-state index contributed by atoms with van der Waals surface area (Å²) in [6.45, 7) is 6.31. The summed E-state index contributed by atoms with van der Waals surface area (Å²) in [5.74, 6) is 0.484. The van der Waals surface area contributed by atoms with Gasteiger partial charge in [-0.3, -0.25) is 0 Å². The van der Waals surface area contributed by atoms with Crippen LogP contribution in [0.1, 0.15) is 37.9 Å². The number of amides is 2. The molecule has 5 nitrogen and oxygen atoms in total. The van der Waals surface area contributed by atoms with Gasteiger partial charge < -0.3 is 20.6 Å². The van der Waals surface area contributed by atoms with E-state index in [-0.39, 0.29) is 18.4 Å². The standard InChI is InChI=1S/C18H28FN3O2/c1-14-7-11-22(12-8-14)10-2-9-20-18(24)21-13-17(23)15-3-5-16(19)6-4-15/h3-6,14,17,23H,2,7-13H2,1H3,(H2,20,21,24). The van der Waals surface area contributed by atoms with E-state index in [9.17, 15) is 14.3 Å². The summed E-state index contributed by atoms with van der Waals surface area (Å²) in [5, 5.41) is 15.4. The van der Waals surface area contributed by atoms with Crippen LogP contribution in [-0.2, 0) is 0 Å². The molecule has 1 aromatic carbocycles. The zero-order valence-electron chi connectivity index (χ0n) is 14.3. The van der Waals surface area contributed by atoms with Crippen molar-refractivity contribution in [3.8, 4) is 0 Å². The molecule has 1 aliphatic rings. The molecule has 3 N–H and O–H groups in total. The van der Waals surface area contributed by atoms with Crippen molar-refractivity contribution in [1.29, 1.82) is 0 Å². The third-order valence-electron chi connectivity index (χ3n) is 4.52. The fraction of sp³-hybridized carbons (Fsp3) is 0.611. The monoisotopic (exact) mass is 337 g/mol. The number of likely N-dealkylation sites (tertiary alicyclic amines) is 1. The van der Waals surface area contributed by atoms with Crippen LogP contribution in [0.3, 0.4) is 0 Å². The van der Waals surface area contributed by atoms with Gasteiger partial charge in [-0.25, -0.2) is 9.18 Å². The number of nitrogens with one attached hydrogen (secondary N) is 2. The van der Waals surface area contributed by atoms with Crippen LogP contribution in [0.25, 0.3) is 0 Å². The summed E-state index contributed by atoms with van der Waals surface area (Å²) in [4.78, 5) is 14.2. The lowest BCUT2D eigenvalue weighted by molar-refractivity contribution is 0.172. The van der Waals surface area contributed by atoms with E-state index in [0.717, 1.165) is 32.0 Å². The molecule has 1 aromatic rings. The number of benzene rings is 1. The van der Waals surface area contributed by atoms with E-state index in [1.165, 1.54) is 37.1 Å². The third-order valence-corrected chi connectivity index (χ3v) is 4.52. The Labute approximate surface area is 143 Å². The van der Waals surface area contributed by atoms with Crippen LogP contribution in [-0.4, -0.2) is 48.8 Å². The van der Waals surface area contributed by atoms with Crippen LogP contribution in [0.15, 0.2) is 24.3 Å². The Hall–Kier alpha value is -1.66. The zero-order chi connectivity index (χ0) is 17.4. The van der Waals surface area contributed by atoms with Crippen molar-refractivity contribution in [2.24, 2.45) is 5.92 Å². The number of piperidine rings is 1. The molecule has 24 heavy (non-hydrogen) atoms. The van der Waals surface area contributed by atoms with Crippen molar-refractivity contribution < 1.29 is 14.3 Å². The lowest BCUT2D eigenvalue weighted by atomic mass is 9.99. The Kier molecular flexibility index (Phi) is 7.46. The molecule has 2 amide bonds. The second-order valence-electron chi connectivity index (χ2n) is 6.58. The maximum absolute atomic E-state index is 12.8. The summed E-state index contributed by atoms with van der Waals surface area (Å²) < 4.78 is 12.8. The molecular weight excluding hydrogens is 309 g/mol. The normalized spacial score (nSPS) is 17.5. The average molecular weight is 337 g/mol. The number of carbonyl (C=O) groups excluding carboxylic acids is 1. The number of aliphatic hydroxyl groups excluding tert-OH is 1. The fourth-order valence-corrected chi connectivity index (χ4v) is 2.84. The molecule has 0 saturated carbocycles. The van der Waals surface area contributed by atoms with Gasteiger partial charge in [0.05, 0.1) is 6.10 Å². The molecule has 1 unspecified atom stereocenters. The topological polar surface area (TPSA) is 64.6 Å². The summed E-state index contributed by atoms with van der Waals surface area (Å²) in [5.41, 5.74) is 0.580. The van der Waals surface area contributed by atoms with E-state index in [1.54, 1.807) is 0 Å². The highest BCUT2D eigenvalue weighted by atomic mass is 19.1. The first-order valence-corrected chi connectivity index (χ1v) is 8.72. The van der Waals surface area contributed by atoms with Crippen LogP contribution in [0.4, 0.5) is 9.18 Å². The number of carbonyl (C=O) groups is 1. The van der Waals surface area contributed by atoms with Gasteiger partial charge in [0.15, 0.2) is 0 Å². The van der Waals surface area contributed by atoms with Crippen LogP contribution in [0.2, 0.25) is 0 Å². The highest BCUT2D eigenvalue weighted by Crippen LogP contribution is 2.15. The largest absolute Gasteiger partial charge is 0.387 e. The molecule has 1 fully saturated rings. The second kappa shape index (κ2) is 9.59. The molecule has 1 atom stereocenters. The smallest absolute Gasteiger partial charge is 0.314 e. The highest BCUT2D eigenvalue weighted by molar-refractivity contribution is 5.73. The van der Waals surface area contributed by atoms with Gasteiger partial charge in [-0.05, 0) is 62.5 Å². The van der Waals surface area contributed by atoms with Gasteiger partial charge in [0, 0.05) is 13.1 Å². The van der Waals surface area contributed by atoms with E-state index in [4.69, 9.17) is 0 Å². The minimum absolute atomic E-state index is 0.0987. The summed E-state index contributed by atoms with van der Waals surface area (Å²) >= 11 is 0. The lowest BCUT2D eigenvalue weighted by Crippen LogP contribution is -2.40. The molecule has 1 saturated heterocycles. The van der Waals surface area contributed by atoms with Gasteiger partial charge in [0.25, 0.3) is 0 Å². The maximum Gasteiger partial charge on any atom is 0.314 e. The number of urea groups is 1. The van der Waals surface area contributed by atoms with Crippen molar-refractivity contribution in [2.75, 3.05) is 32.7 Å². The third kappa shape index (κ3) is 6.45. The van der Waals surface area contributed by atoms with Crippen LogP contribution < -0.4 is 10.6 Å². The number of rotatable bonds is 7. The molecule has 0 spiro atoms. The van der Waals surface area contributed by atoms with Gasteiger partial charge in [-0.15, -0.1) is 0 Å². The van der Waals surface area contributed by atoms with Crippen molar-refractivity contribution >= 4 is 6.03 Å². The van der Waals surface area contributed by atoms with Gasteiger partial charge in [0.2, 0.25) is 0 Å². The minimum atomic E-state index is -0.841. The molecule has 0 aromatic heterocycles. The number of hydrogen-bond donors (Lipinski definition) is 3. The van der Waals surface area contributed by atoms with Crippen LogP contribution in [0.5, 0.6) is 0 Å². The first kappa shape index (κ1) is 18.7. The van der Waals surface area contributed by atoms with Crippen molar-refractivity contribution in [3.63, 3.8) is 0 Å². The highest BCUT2D eigenvalue weighted by Gasteiger charge is 2.15. The molecule has 2 rings (SSSR count). The Bertz CT molecular complexity index is 501. The predicted molar refractivity (Wildman–Crippen MR) is 92.2 cm³/mol. The van der Waals surface area contributed by atoms with E-state index >= 15 is 0 Å². The SMILES string of the molecule is CC1CCN(CCCNC(=O)NCC(O)c2ccc(F)cc2)CC1. The molecule has 0 radical (unpaired) electrons. The lowest BCUT2D eigenvalue weighted by Gasteiger charge is -2.30. The quantitative estimate of drug-likeness (QED) is 0.669. The Balaban J connectivity index is 1.55. The molecule has 1 heterocycles. The Morgan fingerprint density at radius 2 is 1.96 bits per heavy atom. The van der Waals surface area contributed by atoms with Crippen molar-refractivity contribution in [3.05, 3.63) is 35.6 Å². The van der Waals surface area contributed by atoms with Crippen molar-refractivity contribution in [2.45, 2.75) is 32.3 Å². The molecule has 0 bridgehead atoms. The average Bonchev–Trinajstić information content (AvgIpc) is 2.59. The van der Waals surface area contributed by atoms with E-state index in [2.05, 4.69) is 22.5 Å². The van der Waals surface area contributed by atoms with Crippen LogP contribution >= 0.6 is 0 Å². The van der Waals surface area contributed by atoms with Gasteiger partial charge in [0.1, 0.15) is 5.82 Å². The Morgan fingerprint density at radius 1 is 1.29 bits per heavy atom. The van der Waals surface area contributed by atoms with Gasteiger partial charge >= 0.3 is 6.03 Å². The Morgan fingerprint density at radius 3 is 2.62 bits per heavy atom. The molecule has 6 heteroatoms. The summed E-state index contributed by atoms with van der Waals surface area (Å²) in [6, 6.07) is 5.32.